The summed E-state index contributed by atoms with van der Waals surface area (Å²) in [6.45, 7) is 10.4. The van der Waals surface area contributed by atoms with Crippen molar-refractivity contribution in [2.75, 3.05) is 25.0 Å². The van der Waals surface area contributed by atoms with Gasteiger partial charge in [0.25, 0.3) is 0 Å². The van der Waals surface area contributed by atoms with Gasteiger partial charge in [0.2, 0.25) is 0 Å². The van der Waals surface area contributed by atoms with E-state index < -0.39 is 0 Å². The van der Waals surface area contributed by atoms with E-state index in [1.807, 2.05) is 6.20 Å². The van der Waals surface area contributed by atoms with Gasteiger partial charge in [-0.15, -0.1) is 0 Å². The van der Waals surface area contributed by atoms with E-state index >= 15 is 0 Å². The second-order valence-corrected chi connectivity index (χ2v) is 5.61. The predicted molar refractivity (Wildman–Crippen MR) is 82.9 cm³/mol. The fraction of sp³-hybridized carbons (Fsp3) is 0.688. The first kappa shape index (κ1) is 15.3. The summed E-state index contributed by atoms with van der Waals surface area (Å²) in [6, 6.07) is 4.82. The standard InChI is InChI=1S/C16H27N3O/c1-4-7-17-16-9-14(6-8-18-16)11-19-10-13(3)20-12-15(19)5-2/h6,8-9,13,15H,4-5,7,10-12H2,1-3H3,(H,17,18). The lowest BCUT2D eigenvalue weighted by Crippen LogP contribution is -2.47. The Hall–Kier alpha value is -1.13. The Morgan fingerprint density at radius 1 is 1.45 bits per heavy atom. The third-order valence-corrected chi connectivity index (χ3v) is 3.82. The summed E-state index contributed by atoms with van der Waals surface area (Å²) >= 11 is 0. The lowest BCUT2D eigenvalue weighted by Gasteiger charge is -2.38. The highest BCUT2D eigenvalue weighted by Gasteiger charge is 2.25. The minimum Gasteiger partial charge on any atom is -0.376 e. The van der Waals surface area contributed by atoms with Gasteiger partial charge in [0.05, 0.1) is 12.7 Å². The molecule has 1 aliphatic rings. The fourth-order valence-corrected chi connectivity index (χ4v) is 2.64. The van der Waals surface area contributed by atoms with Gasteiger partial charge in [0.15, 0.2) is 0 Å². The molecule has 2 heterocycles. The summed E-state index contributed by atoms with van der Waals surface area (Å²) in [5.41, 5.74) is 1.33. The van der Waals surface area contributed by atoms with Crippen LogP contribution in [0.1, 0.15) is 39.2 Å². The van der Waals surface area contributed by atoms with Crippen LogP contribution in [0, 0.1) is 0 Å². The summed E-state index contributed by atoms with van der Waals surface area (Å²) < 4.78 is 5.76. The van der Waals surface area contributed by atoms with Crippen LogP contribution in [0.5, 0.6) is 0 Å². The molecule has 1 fully saturated rings. The Kier molecular flexibility index (Phi) is 5.80. The Bertz CT molecular complexity index is 410. The highest BCUT2D eigenvalue weighted by Crippen LogP contribution is 2.18. The van der Waals surface area contributed by atoms with Crippen molar-refractivity contribution in [2.45, 2.75) is 52.3 Å². The zero-order valence-electron chi connectivity index (χ0n) is 12.9. The summed E-state index contributed by atoms with van der Waals surface area (Å²) in [7, 11) is 0. The van der Waals surface area contributed by atoms with Crippen LogP contribution < -0.4 is 5.32 Å². The first-order valence-corrected chi connectivity index (χ1v) is 7.77. The van der Waals surface area contributed by atoms with Crippen LogP contribution >= 0.6 is 0 Å². The van der Waals surface area contributed by atoms with Crippen LogP contribution in [-0.4, -0.2) is 41.7 Å². The number of anilines is 1. The van der Waals surface area contributed by atoms with Crippen molar-refractivity contribution in [2.24, 2.45) is 0 Å². The van der Waals surface area contributed by atoms with Gasteiger partial charge < -0.3 is 10.1 Å². The molecular weight excluding hydrogens is 250 g/mol. The lowest BCUT2D eigenvalue weighted by atomic mass is 10.1. The number of hydrogen-bond donors (Lipinski definition) is 1. The Balaban J connectivity index is 2.00. The second-order valence-electron chi connectivity index (χ2n) is 5.61. The molecule has 1 aromatic rings. The predicted octanol–water partition coefficient (Wildman–Crippen LogP) is 2.90. The maximum Gasteiger partial charge on any atom is 0.126 e. The molecule has 0 aliphatic carbocycles. The lowest BCUT2D eigenvalue weighted by molar-refractivity contribution is -0.0592. The molecular formula is C16H27N3O. The SMILES string of the molecule is CCCNc1cc(CN2CC(C)OCC2CC)ccn1. The van der Waals surface area contributed by atoms with Crippen molar-refractivity contribution in [1.82, 2.24) is 9.88 Å². The first-order chi connectivity index (χ1) is 9.72. The van der Waals surface area contributed by atoms with Crippen LogP contribution in [0.4, 0.5) is 5.82 Å². The normalized spacial score (nSPS) is 23.8. The minimum absolute atomic E-state index is 0.331. The number of nitrogens with zero attached hydrogens (tertiary/aromatic N) is 2. The number of morpholine rings is 1. The molecule has 1 aromatic heterocycles. The molecule has 0 saturated carbocycles. The van der Waals surface area contributed by atoms with Gasteiger partial charge in [-0.05, 0) is 37.5 Å². The molecule has 1 saturated heterocycles. The van der Waals surface area contributed by atoms with E-state index in [0.29, 0.717) is 12.1 Å². The first-order valence-electron chi connectivity index (χ1n) is 7.77. The number of hydrogen-bond acceptors (Lipinski definition) is 4. The van der Waals surface area contributed by atoms with Gasteiger partial charge in [-0.2, -0.15) is 0 Å². The van der Waals surface area contributed by atoms with Crippen LogP contribution in [-0.2, 0) is 11.3 Å². The molecule has 2 rings (SSSR count). The summed E-state index contributed by atoms with van der Waals surface area (Å²) in [4.78, 5) is 6.90. The molecule has 0 aromatic carbocycles. The smallest absolute Gasteiger partial charge is 0.126 e. The van der Waals surface area contributed by atoms with Crippen LogP contribution in [0.15, 0.2) is 18.3 Å². The summed E-state index contributed by atoms with van der Waals surface area (Å²) in [6.07, 6.45) is 4.49. The van der Waals surface area contributed by atoms with Gasteiger partial charge >= 0.3 is 0 Å². The van der Waals surface area contributed by atoms with Crippen LogP contribution in [0.2, 0.25) is 0 Å². The van der Waals surface area contributed by atoms with Crippen molar-refractivity contribution in [3.05, 3.63) is 23.9 Å². The van der Waals surface area contributed by atoms with Crippen molar-refractivity contribution in [1.29, 1.82) is 0 Å². The van der Waals surface area contributed by atoms with Crippen molar-refractivity contribution >= 4 is 5.82 Å². The zero-order chi connectivity index (χ0) is 14.4. The fourth-order valence-electron chi connectivity index (χ4n) is 2.64. The number of ether oxygens (including phenoxy) is 1. The molecule has 0 amide bonds. The number of pyridine rings is 1. The van der Waals surface area contributed by atoms with Gasteiger partial charge in [0.1, 0.15) is 5.82 Å². The molecule has 4 nitrogen and oxygen atoms in total. The summed E-state index contributed by atoms with van der Waals surface area (Å²) in [5, 5.41) is 3.35. The van der Waals surface area contributed by atoms with Gasteiger partial charge in [-0.1, -0.05) is 13.8 Å². The van der Waals surface area contributed by atoms with Gasteiger partial charge in [-0.3, -0.25) is 4.90 Å². The van der Waals surface area contributed by atoms with Crippen LogP contribution in [0.3, 0.4) is 0 Å². The number of rotatable bonds is 6. The number of nitrogens with one attached hydrogen (secondary N) is 1. The molecule has 0 bridgehead atoms. The van der Waals surface area contributed by atoms with Gasteiger partial charge in [-0.25, -0.2) is 4.98 Å². The van der Waals surface area contributed by atoms with E-state index in [-0.39, 0.29) is 0 Å². The Morgan fingerprint density at radius 2 is 2.30 bits per heavy atom. The second kappa shape index (κ2) is 7.60. The quantitative estimate of drug-likeness (QED) is 0.867. The molecule has 2 atom stereocenters. The average molecular weight is 277 g/mol. The zero-order valence-corrected chi connectivity index (χ0v) is 12.9. The highest BCUT2D eigenvalue weighted by molar-refractivity contribution is 5.37. The van der Waals surface area contributed by atoms with E-state index in [1.54, 1.807) is 0 Å². The van der Waals surface area contributed by atoms with E-state index in [2.05, 4.69) is 48.1 Å². The minimum atomic E-state index is 0.331. The monoisotopic (exact) mass is 277 g/mol. The molecule has 0 spiro atoms. The Labute approximate surface area is 122 Å². The van der Waals surface area contributed by atoms with Crippen molar-refractivity contribution in [3.63, 3.8) is 0 Å². The molecule has 20 heavy (non-hydrogen) atoms. The van der Waals surface area contributed by atoms with Crippen molar-refractivity contribution < 1.29 is 4.74 Å². The van der Waals surface area contributed by atoms with E-state index in [4.69, 9.17) is 4.74 Å². The third-order valence-electron chi connectivity index (χ3n) is 3.82. The number of aromatic nitrogens is 1. The van der Waals surface area contributed by atoms with E-state index in [1.165, 1.54) is 5.56 Å². The maximum atomic E-state index is 5.76. The highest BCUT2D eigenvalue weighted by atomic mass is 16.5. The van der Waals surface area contributed by atoms with E-state index in [9.17, 15) is 0 Å². The molecule has 1 N–H and O–H groups in total. The van der Waals surface area contributed by atoms with Gasteiger partial charge in [0, 0.05) is 31.9 Å². The van der Waals surface area contributed by atoms with Crippen molar-refractivity contribution in [3.8, 4) is 0 Å². The molecule has 4 heteroatoms. The topological polar surface area (TPSA) is 37.4 Å². The van der Waals surface area contributed by atoms with Crippen LogP contribution in [0.25, 0.3) is 0 Å². The summed E-state index contributed by atoms with van der Waals surface area (Å²) in [5.74, 6) is 0.985. The maximum absolute atomic E-state index is 5.76. The molecule has 112 valence electrons. The average Bonchev–Trinajstić information content (AvgIpc) is 2.46. The largest absolute Gasteiger partial charge is 0.376 e. The molecule has 1 aliphatic heterocycles. The Morgan fingerprint density at radius 3 is 3.05 bits per heavy atom. The third kappa shape index (κ3) is 4.18. The molecule has 2 unspecified atom stereocenters. The molecule has 0 radical (unpaired) electrons. The van der Waals surface area contributed by atoms with E-state index in [0.717, 1.165) is 44.9 Å².